The summed E-state index contributed by atoms with van der Waals surface area (Å²) in [5.74, 6) is -0.741. The highest BCUT2D eigenvalue weighted by molar-refractivity contribution is 6.01. The van der Waals surface area contributed by atoms with Crippen molar-refractivity contribution < 1.29 is 24.6 Å². The molecule has 2 aromatic carbocycles. The van der Waals surface area contributed by atoms with Gasteiger partial charge in [0.15, 0.2) is 0 Å². The highest BCUT2D eigenvalue weighted by Crippen LogP contribution is 2.31. The number of hydrogen-bond donors (Lipinski definition) is 4. The Hall–Kier alpha value is -4.84. The number of anilines is 2. The Labute approximate surface area is 333 Å². The van der Waals surface area contributed by atoms with E-state index in [1.54, 1.807) is 18.2 Å². The van der Waals surface area contributed by atoms with Crippen LogP contribution in [-0.4, -0.2) is 62.9 Å². The van der Waals surface area contributed by atoms with E-state index in [1.165, 1.54) is 17.7 Å². The molecule has 1 fully saturated rings. The van der Waals surface area contributed by atoms with Gasteiger partial charge in [0, 0.05) is 23.4 Å². The number of hydrogen-bond acceptors (Lipinski definition) is 10. The fourth-order valence-corrected chi connectivity index (χ4v) is 6.66. The predicted octanol–water partition coefficient (Wildman–Crippen LogP) is 10.1. The van der Waals surface area contributed by atoms with Gasteiger partial charge in [-0.25, -0.2) is 15.2 Å². The van der Waals surface area contributed by atoms with Crippen LogP contribution in [-0.2, 0) is 4.74 Å². The highest BCUT2D eigenvalue weighted by Gasteiger charge is 2.31. The molecule has 0 radical (unpaired) electrons. The maximum absolute atomic E-state index is 11.6. The molecule has 3 atom stereocenters. The lowest BCUT2D eigenvalue weighted by atomic mass is 9.86. The van der Waals surface area contributed by atoms with Gasteiger partial charge in [-0.2, -0.15) is 10.2 Å². The third kappa shape index (κ3) is 12.1. The van der Waals surface area contributed by atoms with Crippen molar-refractivity contribution >= 4 is 23.3 Å². The molecule has 3 aromatic rings. The number of aliphatic imine (C=N–C) groups is 1. The number of hydrazine groups is 1. The zero-order valence-electron chi connectivity index (χ0n) is 35.1. The van der Waals surface area contributed by atoms with Crippen molar-refractivity contribution in [2.24, 2.45) is 10.4 Å². The van der Waals surface area contributed by atoms with E-state index in [-0.39, 0.29) is 53.5 Å². The number of rotatable bonds is 15. The maximum Gasteiger partial charge on any atom is 0.335 e. The molecule has 4 N–H and O–H groups in total. The van der Waals surface area contributed by atoms with Gasteiger partial charge in [0.1, 0.15) is 6.61 Å². The molecule has 0 saturated carbocycles. The Morgan fingerprint density at radius 3 is 2.41 bits per heavy atom. The number of aromatic nitrogens is 2. The van der Waals surface area contributed by atoms with Crippen molar-refractivity contribution in [3.8, 4) is 17.1 Å². The molecule has 56 heavy (non-hydrogen) atoms. The lowest BCUT2D eigenvalue weighted by molar-refractivity contribution is -0.0244. The zero-order valence-corrected chi connectivity index (χ0v) is 35.1. The third-order valence-electron chi connectivity index (χ3n) is 10.0. The number of carbonyl (C=O) groups is 1. The van der Waals surface area contributed by atoms with E-state index < -0.39 is 5.97 Å². The first kappa shape index (κ1) is 43.9. The van der Waals surface area contributed by atoms with Crippen molar-refractivity contribution in [2.75, 3.05) is 17.2 Å². The molecule has 1 aliphatic heterocycles. The minimum absolute atomic E-state index is 0.0162. The van der Waals surface area contributed by atoms with Crippen LogP contribution < -0.4 is 20.7 Å². The van der Waals surface area contributed by atoms with Gasteiger partial charge >= 0.3 is 5.97 Å². The molecule has 3 unspecified atom stereocenters. The van der Waals surface area contributed by atoms with E-state index in [9.17, 15) is 15.1 Å². The lowest BCUT2D eigenvalue weighted by Crippen LogP contribution is -2.49. The van der Waals surface area contributed by atoms with Crippen LogP contribution in [0.1, 0.15) is 109 Å². The number of carboxylic acid groups (broad SMARTS) is 1. The smallest absolute Gasteiger partial charge is 0.335 e. The molecule has 11 nitrogen and oxygen atoms in total. The minimum Gasteiger partial charge on any atom is -0.478 e. The molecule has 0 spiro atoms. The van der Waals surface area contributed by atoms with Crippen LogP contribution in [0.5, 0.6) is 5.88 Å². The Bertz CT molecular complexity index is 1920. The molecule has 302 valence electrons. The topological polar surface area (TPSA) is 141 Å². The molecular weight excluding hydrogens is 705 g/mol. The van der Waals surface area contributed by atoms with Gasteiger partial charge in [0.2, 0.25) is 11.8 Å². The first-order valence-electron chi connectivity index (χ1n) is 19.7. The summed E-state index contributed by atoms with van der Waals surface area (Å²) >= 11 is 0. The van der Waals surface area contributed by atoms with E-state index in [0.29, 0.717) is 16.7 Å². The van der Waals surface area contributed by atoms with Gasteiger partial charge in [-0.1, -0.05) is 75.8 Å². The average Bonchev–Trinajstić information content (AvgIpc) is 3.33. The standard InChI is InChI=1S/C45H62N6O5/c1-12-17-33(24-31(7)45(9,10)11)32(8)46-36(13-2)37-22-16-23-40(56-28(3)4)39(47-37)27-55-41-26-38(42-29(5)18-14-19-30(42)6)48-44(49-41)50-51(54)35-21-15-20-34(25-35)43(52)53/h13-15,17-21,24-26,28,37,39-40,47,54H,12,16,22-23,27H2,1-11H3,(H,52,53)(H,48,49,50)/b31-24+,33-17-,36-13-,46-32-. The van der Waals surface area contributed by atoms with Crippen molar-refractivity contribution in [1.29, 1.82) is 0 Å². The monoisotopic (exact) mass is 766 g/mol. The molecule has 1 aliphatic rings. The number of nitrogens with one attached hydrogen (secondary N) is 2. The molecule has 0 amide bonds. The minimum atomic E-state index is -1.11. The third-order valence-corrected chi connectivity index (χ3v) is 10.0. The summed E-state index contributed by atoms with van der Waals surface area (Å²) in [6.45, 7) is 23.5. The zero-order chi connectivity index (χ0) is 41.2. The van der Waals surface area contributed by atoms with E-state index in [0.717, 1.165) is 59.4 Å². The van der Waals surface area contributed by atoms with Gasteiger partial charge < -0.3 is 19.9 Å². The number of carboxylic acids is 1. The molecule has 1 aromatic heterocycles. The molecule has 11 heteroatoms. The number of ether oxygens (including phenoxy) is 2. The Kier molecular flexibility index (Phi) is 15.5. The summed E-state index contributed by atoms with van der Waals surface area (Å²) in [6.07, 6.45) is 10.1. The largest absolute Gasteiger partial charge is 0.478 e. The highest BCUT2D eigenvalue weighted by atomic mass is 16.5. The molecule has 0 aliphatic carbocycles. The normalized spacial score (nSPS) is 18.8. The quantitative estimate of drug-likeness (QED) is 0.0671. The first-order valence-corrected chi connectivity index (χ1v) is 19.7. The summed E-state index contributed by atoms with van der Waals surface area (Å²) in [6, 6.07) is 13.5. The predicted molar refractivity (Wildman–Crippen MR) is 227 cm³/mol. The lowest BCUT2D eigenvalue weighted by Gasteiger charge is -2.30. The van der Waals surface area contributed by atoms with Crippen LogP contribution >= 0.6 is 0 Å². The SMILES string of the molecule is C\C=C(/N=C(C)\C(=C/CC)\C=C(/C)C(C)(C)C)C1CCCC(OC(C)C)C(COc2cc(-c3c(C)cccc3C)nc(NN(O)c3cccc(C(=O)O)c3)n2)N1. The van der Waals surface area contributed by atoms with Gasteiger partial charge in [0.25, 0.3) is 0 Å². The van der Waals surface area contributed by atoms with E-state index in [2.05, 4.69) is 75.5 Å². The number of allylic oxidation sites excluding steroid dienone is 5. The van der Waals surface area contributed by atoms with Crippen molar-refractivity contribution in [3.63, 3.8) is 0 Å². The summed E-state index contributed by atoms with van der Waals surface area (Å²) < 4.78 is 13.0. The Balaban J connectivity index is 1.67. The number of aromatic carboxylic acids is 1. The van der Waals surface area contributed by atoms with Crippen molar-refractivity contribution in [1.82, 2.24) is 15.3 Å². The van der Waals surface area contributed by atoms with Crippen LogP contribution in [0.15, 0.2) is 88.6 Å². The van der Waals surface area contributed by atoms with Crippen molar-refractivity contribution in [3.05, 3.63) is 100 Å². The maximum atomic E-state index is 11.6. The van der Waals surface area contributed by atoms with Gasteiger partial charge in [-0.15, -0.1) is 0 Å². The number of aryl methyl sites for hydroxylation is 2. The summed E-state index contributed by atoms with van der Waals surface area (Å²) in [4.78, 5) is 26.2. The van der Waals surface area contributed by atoms with Gasteiger partial charge in [-0.05, 0) is 114 Å². The van der Waals surface area contributed by atoms with Crippen molar-refractivity contribution in [2.45, 2.75) is 126 Å². The van der Waals surface area contributed by atoms with Gasteiger partial charge in [-0.3, -0.25) is 10.2 Å². The first-order chi connectivity index (χ1) is 26.5. The van der Waals surface area contributed by atoms with E-state index in [4.69, 9.17) is 19.5 Å². The molecular formula is C45H62N6O5. The molecule has 1 saturated heterocycles. The van der Waals surface area contributed by atoms with Crippen LogP contribution in [0.4, 0.5) is 11.6 Å². The summed E-state index contributed by atoms with van der Waals surface area (Å²) in [5, 5.41) is 25.0. The number of benzene rings is 2. The van der Waals surface area contributed by atoms with Crippen LogP contribution in [0, 0.1) is 19.3 Å². The Morgan fingerprint density at radius 2 is 1.79 bits per heavy atom. The molecule has 0 bridgehead atoms. The average molecular weight is 767 g/mol. The molecule has 4 rings (SSSR count). The Morgan fingerprint density at radius 1 is 1.09 bits per heavy atom. The van der Waals surface area contributed by atoms with E-state index >= 15 is 0 Å². The van der Waals surface area contributed by atoms with E-state index in [1.807, 2.05) is 52.8 Å². The summed E-state index contributed by atoms with van der Waals surface area (Å²) in [7, 11) is 0. The fourth-order valence-electron chi connectivity index (χ4n) is 6.66. The second-order valence-corrected chi connectivity index (χ2v) is 15.8. The second-order valence-electron chi connectivity index (χ2n) is 15.8. The van der Waals surface area contributed by atoms with Gasteiger partial charge in [0.05, 0.1) is 40.9 Å². The second kappa shape index (κ2) is 19.8. The fraction of sp³-hybridized carbons (Fsp3) is 0.467. The van der Waals surface area contributed by atoms with Crippen LogP contribution in [0.25, 0.3) is 11.3 Å². The number of nitrogens with zero attached hydrogens (tertiary/aromatic N) is 4. The van der Waals surface area contributed by atoms with Crippen LogP contribution in [0.3, 0.4) is 0 Å². The summed E-state index contributed by atoms with van der Waals surface area (Å²) in [5.41, 5.74) is 11.0. The van der Waals surface area contributed by atoms with Crippen LogP contribution in [0.2, 0.25) is 0 Å². The molecule has 2 heterocycles.